The SMILES string of the molecule is COc1cc(N2CCC(N3CCN(C)CC3)CC2)ccc1Nc1nc(Oc2cccc3c2C(=O)CC3)c2ccsc2n1. The molecule has 2 saturated heterocycles. The first-order valence-electron chi connectivity index (χ1n) is 14.8. The highest BCUT2D eigenvalue weighted by atomic mass is 32.1. The van der Waals surface area contributed by atoms with Crippen molar-refractivity contribution >= 4 is 44.7 Å². The van der Waals surface area contributed by atoms with Crippen LogP contribution in [-0.4, -0.2) is 85.0 Å². The molecule has 0 saturated carbocycles. The third-order valence-electron chi connectivity index (χ3n) is 8.82. The maximum atomic E-state index is 12.6. The van der Waals surface area contributed by atoms with Crippen LogP contribution in [0, 0.1) is 0 Å². The number of Topliss-reactive ketones (excluding diaryl/α,β-unsaturated/α-hetero) is 1. The van der Waals surface area contributed by atoms with Crippen LogP contribution in [0.3, 0.4) is 0 Å². The molecule has 2 aromatic carbocycles. The molecular weight excluding hydrogens is 548 g/mol. The molecule has 0 unspecified atom stereocenters. The highest BCUT2D eigenvalue weighted by Crippen LogP contribution is 2.38. The molecular formula is C32H36N6O3S. The van der Waals surface area contributed by atoms with E-state index in [4.69, 9.17) is 19.4 Å². The van der Waals surface area contributed by atoms with Gasteiger partial charge in [0.25, 0.3) is 0 Å². The molecule has 0 radical (unpaired) electrons. The summed E-state index contributed by atoms with van der Waals surface area (Å²) in [5, 5.41) is 6.15. The highest BCUT2D eigenvalue weighted by molar-refractivity contribution is 7.16. The number of carbonyl (C=O) groups is 1. The van der Waals surface area contributed by atoms with Crippen molar-refractivity contribution in [1.29, 1.82) is 0 Å². The van der Waals surface area contributed by atoms with Gasteiger partial charge in [0, 0.05) is 63.5 Å². The van der Waals surface area contributed by atoms with Crippen molar-refractivity contribution < 1.29 is 14.3 Å². The van der Waals surface area contributed by atoms with E-state index in [1.54, 1.807) is 7.11 Å². The first kappa shape index (κ1) is 27.1. The predicted octanol–water partition coefficient (Wildman–Crippen LogP) is 5.58. The Bertz CT molecular complexity index is 1610. The summed E-state index contributed by atoms with van der Waals surface area (Å²) >= 11 is 1.52. The molecule has 0 bridgehead atoms. The molecule has 1 aliphatic carbocycles. The lowest BCUT2D eigenvalue weighted by molar-refractivity contribution is 0.0982. The van der Waals surface area contributed by atoms with Gasteiger partial charge >= 0.3 is 0 Å². The zero-order valence-corrected chi connectivity index (χ0v) is 25.0. The number of aromatic nitrogens is 2. The zero-order chi connectivity index (χ0) is 28.6. The van der Waals surface area contributed by atoms with Gasteiger partial charge in [0.1, 0.15) is 16.3 Å². The summed E-state index contributed by atoms with van der Waals surface area (Å²) in [5.41, 5.74) is 3.64. The number of methoxy groups -OCH3 is 1. The van der Waals surface area contributed by atoms with Gasteiger partial charge in [0.2, 0.25) is 11.8 Å². The van der Waals surface area contributed by atoms with Crippen LogP contribution in [0.15, 0.2) is 47.8 Å². The lowest BCUT2D eigenvalue weighted by Crippen LogP contribution is -2.52. The Balaban J connectivity index is 1.09. The summed E-state index contributed by atoms with van der Waals surface area (Å²) in [7, 11) is 3.90. The standard InChI is InChI=1S/C32H36N6O3S/c1-36-15-17-38(18-16-36)22-10-13-37(14-11-22)23-7-8-25(28(20-23)40-2)33-32-34-30(24-12-19-42-31(24)35-32)41-27-5-3-4-21-6-9-26(39)29(21)27/h3-5,7-8,12,19-20,22H,6,9-11,13-18H2,1-2H3,(H,33,34,35). The summed E-state index contributed by atoms with van der Waals surface area (Å²) in [6, 6.07) is 14.7. The number of piperidine rings is 1. The summed E-state index contributed by atoms with van der Waals surface area (Å²) in [6.07, 6.45) is 3.63. The van der Waals surface area contributed by atoms with Crippen LogP contribution in [0.1, 0.15) is 35.2 Å². The molecule has 10 heteroatoms. The number of fused-ring (bicyclic) bond motifs is 2. The van der Waals surface area contributed by atoms with Crippen molar-refractivity contribution in [2.75, 3.05) is 63.6 Å². The fourth-order valence-corrected chi connectivity index (χ4v) is 7.16. The molecule has 218 valence electrons. The Morgan fingerprint density at radius 3 is 2.60 bits per heavy atom. The lowest BCUT2D eigenvalue weighted by atomic mass is 10.0. The maximum absolute atomic E-state index is 12.6. The molecule has 42 heavy (non-hydrogen) atoms. The first-order valence-corrected chi connectivity index (χ1v) is 15.6. The molecule has 7 rings (SSSR count). The number of thiophene rings is 1. The van der Waals surface area contributed by atoms with Crippen molar-refractivity contribution in [2.24, 2.45) is 0 Å². The van der Waals surface area contributed by atoms with Gasteiger partial charge in [-0.2, -0.15) is 4.98 Å². The predicted molar refractivity (Wildman–Crippen MR) is 167 cm³/mol. The lowest BCUT2D eigenvalue weighted by Gasteiger charge is -2.42. The molecule has 2 fully saturated rings. The van der Waals surface area contributed by atoms with Crippen LogP contribution in [0.2, 0.25) is 0 Å². The molecule has 0 spiro atoms. The van der Waals surface area contributed by atoms with E-state index in [9.17, 15) is 4.79 Å². The fraction of sp³-hybridized carbons (Fsp3) is 0.406. The number of piperazine rings is 1. The normalized spacial score (nSPS) is 18.4. The van der Waals surface area contributed by atoms with E-state index in [1.165, 1.54) is 37.3 Å². The fourth-order valence-electron chi connectivity index (χ4n) is 6.40. The van der Waals surface area contributed by atoms with Gasteiger partial charge in [-0.1, -0.05) is 12.1 Å². The summed E-state index contributed by atoms with van der Waals surface area (Å²) < 4.78 is 12.1. The van der Waals surface area contributed by atoms with Crippen molar-refractivity contribution in [2.45, 2.75) is 31.7 Å². The first-order chi connectivity index (χ1) is 20.6. The molecule has 4 heterocycles. The average molecular weight is 585 g/mol. The molecule has 4 aromatic rings. The Morgan fingerprint density at radius 1 is 0.952 bits per heavy atom. The Kier molecular flexibility index (Phi) is 7.43. The quantitative estimate of drug-likeness (QED) is 0.299. The highest BCUT2D eigenvalue weighted by Gasteiger charge is 2.28. The van der Waals surface area contributed by atoms with Crippen LogP contribution >= 0.6 is 11.3 Å². The number of ether oxygens (including phenoxy) is 2. The van der Waals surface area contributed by atoms with E-state index >= 15 is 0 Å². The Hall–Kier alpha value is -3.73. The van der Waals surface area contributed by atoms with Crippen LogP contribution < -0.4 is 19.7 Å². The monoisotopic (exact) mass is 584 g/mol. The number of anilines is 3. The van der Waals surface area contributed by atoms with Gasteiger partial charge in [-0.05, 0) is 61.5 Å². The third kappa shape index (κ3) is 5.30. The number of ketones is 1. The topological polar surface area (TPSA) is 83.1 Å². The number of nitrogens with zero attached hydrogens (tertiary/aromatic N) is 5. The second-order valence-electron chi connectivity index (χ2n) is 11.4. The van der Waals surface area contributed by atoms with Gasteiger partial charge in [-0.15, -0.1) is 11.3 Å². The summed E-state index contributed by atoms with van der Waals surface area (Å²) in [6.45, 7) is 6.75. The van der Waals surface area contributed by atoms with E-state index in [-0.39, 0.29) is 5.78 Å². The number of hydrogen-bond acceptors (Lipinski definition) is 10. The molecule has 2 aliphatic heterocycles. The van der Waals surface area contributed by atoms with Crippen molar-refractivity contribution in [1.82, 2.24) is 19.8 Å². The van der Waals surface area contributed by atoms with Crippen molar-refractivity contribution in [3.63, 3.8) is 0 Å². The molecule has 1 N–H and O–H groups in total. The van der Waals surface area contributed by atoms with Gasteiger partial charge in [-0.3, -0.25) is 9.69 Å². The number of likely N-dealkylation sites (N-methyl/N-ethyl adjacent to an activating group) is 1. The molecule has 3 aliphatic rings. The summed E-state index contributed by atoms with van der Waals surface area (Å²) in [5.74, 6) is 2.24. The Labute approximate surface area is 250 Å². The number of rotatable bonds is 7. The van der Waals surface area contributed by atoms with E-state index in [0.29, 0.717) is 35.6 Å². The van der Waals surface area contributed by atoms with E-state index < -0.39 is 0 Å². The van der Waals surface area contributed by atoms with E-state index in [2.05, 4.69) is 39.2 Å². The average Bonchev–Trinajstić information content (AvgIpc) is 3.65. The minimum Gasteiger partial charge on any atom is -0.494 e. The van der Waals surface area contributed by atoms with Gasteiger partial charge in [0.05, 0.1) is 23.7 Å². The number of nitrogens with one attached hydrogen (secondary N) is 1. The third-order valence-corrected chi connectivity index (χ3v) is 9.63. The van der Waals surface area contributed by atoms with Gasteiger partial charge in [-0.25, -0.2) is 4.98 Å². The number of benzene rings is 2. The second kappa shape index (κ2) is 11.5. The van der Waals surface area contributed by atoms with Crippen LogP contribution in [0.25, 0.3) is 10.2 Å². The van der Waals surface area contributed by atoms with E-state index in [1.807, 2.05) is 35.7 Å². The second-order valence-corrected chi connectivity index (χ2v) is 12.3. The van der Waals surface area contributed by atoms with Gasteiger partial charge < -0.3 is 24.6 Å². The number of carbonyl (C=O) groups excluding carboxylic acids is 1. The van der Waals surface area contributed by atoms with Crippen LogP contribution in [0.4, 0.5) is 17.3 Å². The Morgan fingerprint density at radius 2 is 1.79 bits per heavy atom. The van der Waals surface area contributed by atoms with Crippen LogP contribution in [-0.2, 0) is 6.42 Å². The van der Waals surface area contributed by atoms with E-state index in [0.717, 1.165) is 65.5 Å². The summed E-state index contributed by atoms with van der Waals surface area (Å²) in [4.78, 5) is 30.4. The number of aryl methyl sites for hydroxylation is 1. The zero-order valence-electron chi connectivity index (χ0n) is 24.1. The molecule has 0 amide bonds. The van der Waals surface area contributed by atoms with Gasteiger partial charge in [0.15, 0.2) is 5.78 Å². The maximum Gasteiger partial charge on any atom is 0.232 e. The molecule has 9 nitrogen and oxygen atoms in total. The van der Waals surface area contributed by atoms with Crippen LogP contribution in [0.5, 0.6) is 17.4 Å². The van der Waals surface area contributed by atoms with Crippen molar-refractivity contribution in [3.05, 3.63) is 59.0 Å². The minimum absolute atomic E-state index is 0.114. The number of hydrogen-bond donors (Lipinski definition) is 1. The minimum atomic E-state index is 0.114. The molecule has 2 aromatic heterocycles. The largest absolute Gasteiger partial charge is 0.494 e. The smallest absolute Gasteiger partial charge is 0.232 e. The van der Waals surface area contributed by atoms with Crippen molar-refractivity contribution in [3.8, 4) is 17.4 Å². The molecule has 0 atom stereocenters.